The maximum Gasteiger partial charge on any atom is 0.359 e. The summed E-state index contributed by atoms with van der Waals surface area (Å²) < 4.78 is 5.07. The first kappa shape index (κ1) is 32.6. The van der Waals surface area contributed by atoms with E-state index in [-0.39, 0.29) is 37.4 Å². The highest BCUT2D eigenvalue weighted by molar-refractivity contribution is 6.01. The Labute approximate surface area is 256 Å². The minimum Gasteiger partial charge on any atom is -0.478 e. The number of carboxylic acid groups (broad SMARTS) is 1. The molecule has 3 aromatic rings. The van der Waals surface area contributed by atoms with Crippen LogP contribution in [0.25, 0.3) is 10.9 Å². The zero-order chi connectivity index (χ0) is 32.7. The summed E-state index contributed by atoms with van der Waals surface area (Å²) in [6, 6.07) is 12.4. The van der Waals surface area contributed by atoms with Crippen LogP contribution < -0.4 is 26.8 Å². The van der Waals surface area contributed by atoms with Crippen LogP contribution in [-0.2, 0) is 30.4 Å². The lowest BCUT2D eigenvalue weighted by atomic mass is 10.0. The molecule has 1 aliphatic rings. The van der Waals surface area contributed by atoms with Crippen molar-refractivity contribution in [1.29, 1.82) is 0 Å². The second-order valence-corrected chi connectivity index (χ2v) is 10.6. The molecule has 1 aromatic heterocycles. The zero-order valence-corrected chi connectivity index (χ0v) is 24.2. The number of esters is 1. The molecular formula is C30H34N6O9. The third-order valence-electron chi connectivity index (χ3n) is 7.43. The summed E-state index contributed by atoms with van der Waals surface area (Å²) in [4.78, 5) is 78.5. The van der Waals surface area contributed by atoms with Gasteiger partial charge in [-0.05, 0) is 49.1 Å². The predicted octanol–water partition coefficient (Wildman–Crippen LogP) is -0.481. The maximum absolute atomic E-state index is 13.3. The van der Waals surface area contributed by atoms with Crippen molar-refractivity contribution in [2.24, 2.45) is 11.5 Å². The summed E-state index contributed by atoms with van der Waals surface area (Å²) >= 11 is 0. The Morgan fingerprint density at radius 3 is 2.49 bits per heavy atom. The van der Waals surface area contributed by atoms with E-state index in [0.717, 1.165) is 10.5 Å². The van der Waals surface area contributed by atoms with Crippen molar-refractivity contribution in [3.8, 4) is 5.75 Å². The van der Waals surface area contributed by atoms with Crippen molar-refractivity contribution in [2.45, 2.75) is 49.9 Å². The highest BCUT2D eigenvalue weighted by Gasteiger charge is 2.56. The first-order chi connectivity index (χ1) is 21.4. The molecule has 45 heavy (non-hydrogen) atoms. The molecule has 2 heterocycles. The molecular weight excluding hydrogens is 588 g/mol. The lowest BCUT2D eigenvalue weighted by Crippen LogP contribution is -2.64. The first-order valence-electron chi connectivity index (χ1n) is 14.2. The van der Waals surface area contributed by atoms with E-state index >= 15 is 0 Å². The van der Waals surface area contributed by atoms with E-state index in [2.05, 4.69) is 15.6 Å². The number of aryl methyl sites for hydroxylation is 1. The normalized spacial score (nSPS) is 18.3. The van der Waals surface area contributed by atoms with E-state index in [1.165, 1.54) is 18.2 Å². The largest absolute Gasteiger partial charge is 0.478 e. The average molecular weight is 623 g/mol. The Bertz CT molecular complexity index is 1610. The number of rotatable bonds is 13. The van der Waals surface area contributed by atoms with Crippen molar-refractivity contribution >= 4 is 46.5 Å². The summed E-state index contributed by atoms with van der Waals surface area (Å²) in [7, 11) is 0. The van der Waals surface area contributed by atoms with Crippen LogP contribution in [0.5, 0.6) is 5.75 Å². The highest BCUT2D eigenvalue weighted by atomic mass is 16.5. The van der Waals surface area contributed by atoms with Crippen LogP contribution >= 0.6 is 0 Å². The second kappa shape index (κ2) is 14.0. The predicted molar refractivity (Wildman–Crippen MR) is 158 cm³/mol. The van der Waals surface area contributed by atoms with Gasteiger partial charge in [0.1, 0.15) is 17.5 Å². The number of hydrogen-bond donors (Lipinski definition) is 7. The van der Waals surface area contributed by atoms with Gasteiger partial charge in [0.05, 0.1) is 19.0 Å². The number of hydrogen-bond acceptors (Lipinski definition) is 9. The number of nitrogens with two attached hydrogens (primary N) is 2. The Morgan fingerprint density at radius 2 is 1.82 bits per heavy atom. The number of carbonyl (C=O) groups is 6. The highest BCUT2D eigenvalue weighted by Crippen LogP contribution is 2.29. The number of carboxylic acids is 1. The van der Waals surface area contributed by atoms with Gasteiger partial charge in [-0.3, -0.25) is 24.0 Å². The molecule has 1 saturated heterocycles. The van der Waals surface area contributed by atoms with Crippen molar-refractivity contribution < 1.29 is 43.7 Å². The lowest BCUT2D eigenvalue weighted by Gasteiger charge is -2.34. The van der Waals surface area contributed by atoms with Gasteiger partial charge in [0, 0.05) is 23.9 Å². The molecule has 238 valence electrons. The number of aliphatic hydroxyl groups is 1. The van der Waals surface area contributed by atoms with Gasteiger partial charge in [0.25, 0.3) is 11.6 Å². The van der Waals surface area contributed by atoms with E-state index < -0.39 is 59.8 Å². The third-order valence-corrected chi connectivity index (χ3v) is 7.43. The van der Waals surface area contributed by atoms with E-state index in [4.69, 9.17) is 16.2 Å². The lowest BCUT2D eigenvalue weighted by molar-refractivity contribution is -0.186. The number of primary amides is 1. The van der Waals surface area contributed by atoms with Crippen LogP contribution in [0.1, 0.15) is 41.7 Å². The monoisotopic (exact) mass is 622 g/mol. The van der Waals surface area contributed by atoms with Gasteiger partial charge in [-0.1, -0.05) is 30.3 Å². The van der Waals surface area contributed by atoms with Gasteiger partial charge < -0.3 is 46.9 Å². The van der Waals surface area contributed by atoms with E-state index in [0.29, 0.717) is 23.7 Å². The van der Waals surface area contributed by atoms with Gasteiger partial charge in [0.2, 0.25) is 17.7 Å². The number of likely N-dealkylation sites (tertiary alicyclic amines) is 1. The summed E-state index contributed by atoms with van der Waals surface area (Å²) in [5, 5.41) is 26.4. The smallest absolute Gasteiger partial charge is 0.359 e. The number of amides is 4. The van der Waals surface area contributed by atoms with Crippen molar-refractivity contribution in [3.05, 3.63) is 65.9 Å². The van der Waals surface area contributed by atoms with Crippen LogP contribution in [0.15, 0.2) is 54.6 Å². The second-order valence-electron chi connectivity index (χ2n) is 10.6. The molecule has 15 nitrogen and oxygen atoms in total. The topological polar surface area (TPSA) is 247 Å². The van der Waals surface area contributed by atoms with E-state index in [1.807, 2.05) is 30.3 Å². The van der Waals surface area contributed by atoms with Gasteiger partial charge in [-0.2, -0.15) is 0 Å². The molecule has 9 N–H and O–H groups in total. The van der Waals surface area contributed by atoms with E-state index in [1.54, 1.807) is 6.07 Å². The van der Waals surface area contributed by atoms with Crippen LogP contribution in [0.4, 0.5) is 0 Å². The molecule has 2 aromatic carbocycles. The number of aliphatic carboxylic acids is 1. The molecule has 4 amide bonds. The first-order valence-corrected chi connectivity index (χ1v) is 14.2. The fourth-order valence-electron chi connectivity index (χ4n) is 5.18. The molecule has 3 atom stereocenters. The molecule has 0 radical (unpaired) electrons. The average Bonchev–Trinajstić information content (AvgIpc) is 3.58. The Morgan fingerprint density at radius 1 is 1.09 bits per heavy atom. The van der Waals surface area contributed by atoms with Crippen LogP contribution in [0, 0.1) is 0 Å². The van der Waals surface area contributed by atoms with Crippen molar-refractivity contribution in [1.82, 2.24) is 20.5 Å². The summed E-state index contributed by atoms with van der Waals surface area (Å²) in [5.74, 6) is -5.54. The van der Waals surface area contributed by atoms with Crippen molar-refractivity contribution in [3.63, 3.8) is 0 Å². The number of ether oxygens (including phenoxy) is 1. The molecule has 0 saturated carbocycles. The summed E-state index contributed by atoms with van der Waals surface area (Å²) in [6.07, 6.45) is 0.201. The minimum absolute atomic E-state index is 0.00949. The number of fused-ring (bicyclic) bond motifs is 1. The quantitative estimate of drug-likeness (QED) is 0.0952. The van der Waals surface area contributed by atoms with Gasteiger partial charge in [0.15, 0.2) is 0 Å². The fourth-order valence-corrected chi connectivity index (χ4v) is 5.18. The Kier molecular flexibility index (Phi) is 10.2. The number of nitrogens with zero attached hydrogens (tertiary/aromatic N) is 1. The number of nitrogens with one attached hydrogen (secondary N) is 3. The number of benzene rings is 2. The zero-order valence-electron chi connectivity index (χ0n) is 24.2. The Hall–Kier alpha value is -5.28. The van der Waals surface area contributed by atoms with Crippen molar-refractivity contribution in [2.75, 3.05) is 13.1 Å². The fraction of sp³-hybridized carbons (Fsp3) is 0.333. The SMILES string of the molecule is NCC(=O)Oc1ccc2[nH]c(C(=O)N[C@@H](CC(N)=O)C(=O)N[C@H]3CCN(C(=O)CCCc4ccccc4)[C@@]3(O)C(=O)O)cc2c1. The van der Waals surface area contributed by atoms with E-state index in [9.17, 15) is 39.0 Å². The van der Waals surface area contributed by atoms with Crippen LogP contribution in [0.3, 0.4) is 0 Å². The standard InChI is InChI=1S/C30H34N6O9/c31-16-26(39)45-19-9-10-20-18(13-19)14-21(33-20)27(40)34-22(15-24(32)37)28(41)35-23-11-12-36(30(23,44)29(42)43)25(38)8-4-7-17-5-2-1-3-6-17/h1-3,5-6,9-10,13-14,22-23,33,44H,4,7-8,11-12,15-16,31H2,(H2,32,37)(H,34,40)(H,35,41)(H,42,43)/t22-,23-,30-/m0/s1. The number of H-pyrrole nitrogens is 1. The molecule has 0 unspecified atom stereocenters. The molecule has 0 spiro atoms. The number of carbonyl (C=O) groups excluding carboxylic acids is 5. The van der Waals surface area contributed by atoms with Gasteiger partial charge in [-0.15, -0.1) is 0 Å². The summed E-state index contributed by atoms with van der Waals surface area (Å²) in [6.45, 7) is -0.474. The number of aromatic nitrogens is 1. The maximum atomic E-state index is 13.3. The van der Waals surface area contributed by atoms with Gasteiger partial charge >= 0.3 is 11.9 Å². The molecule has 1 aliphatic heterocycles. The third kappa shape index (κ3) is 7.63. The van der Waals surface area contributed by atoms with Crippen LogP contribution in [-0.4, -0.2) is 86.6 Å². The van der Waals surface area contributed by atoms with Gasteiger partial charge in [-0.25, -0.2) is 4.79 Å². The van der Waals surface area contributed by atoms with Crippen LogP contribution in [0.2, 0.25) is 0 Å². The Balaban J connectivity index is 1.44. The minimum atomic E-state index is -2.76. The molecule has 4 rings (SSSR count). The molecule has 15 heteroatoms. The number of aromatic amines is 1. The molecule has 0 bridgehead atoms. The summed E-state index contributed by atoms with van der Waals surface area (Å²) in [5.41, 5.74) is 9.29. The molecule has 0 aliphatic carbocycles. The molecule has 1 fully saturated rings.